The molecule has 0 aliphatic carbocycles. The van der Waals surface area contributed by atoms with E-state index in [0.717, 1.165) is 16.9 Å². The van der Waals surface area contributed by atoms with E-state index in [-0.39, 0.29) is 5.91 Å². The van der Waals surface area contributed by atoms with Crippen LogP contribution in [0.3, 0.4) is 0 Å². The van der Waals surface area contributed by atoms with E-state index in [2.05, 4.69) is 15.8 Å². The highest BCUT2D eigenvalue weighted by Crippen LogP contribution is 2.14. The Hall–Kier alpha value is -2.34. The first kappa shape index (κ1) is 15.1. The fourth-order valence-corrected chi connectivity index (χ4v) is 1.89. The number of benzene rings is 1. The van der Waals surface area contributed by atoms with Crippen LogP contribution in [0.15, 0.2) is 34.9 Å². The van der Waals surface area contributed by atoms with Gasteiger partial charge in [0.25, 0.3) is 0 Å². The summed E-state index contributed by atoms with van der Waals surface area (Å²) in [7, 11) is 1.65. The molecule has 1 heterocycles. The molecule has 6 nitrogen and oxygen atoms in total. The van der Waals surface area contributed by atoms with Crippen molar-refractivity contribution >= 4 is 17.5 Å². The molecule has 0 saturated carbocycles. The molecule has 0 aliphatic rings. The number of amides is 1. The number of anilines is 2. The zero-order valence-electron chi connectivity index (χ0n) is 12.3. The predicted octanol–water partition coefficient (Wildman–Crippen LogP) is 2.57. The van der Waals surface area contributed by atoms with Crippen LogP contribution in [0.2, 0.25) is 0 Å². The smallest absolute Gasteiger partial charge is 0.248 e. The van der Waals surface area contributed by atoms with Crippen molar-refractivity contribution < 1.29 is 14.1 Å². The van der Waals surface area contributed by atoms with Crippen molar-refractivity contribution in [3.8, 4) is 0 Å². The van der Waals surface area contributed by atoms with Gasteiger partial charge in [-0.3, -0.25) is 10.1 Å². The third-order valence-electron chi connectivity index (χ3n) is 2.89. The molecular weight excluding hydrogens is 270 g/mol. The number of nitrogens with one attached hydrogen (secondary N) is 2. The van der Waals surface area contributed by atoms with Crippen LogP contribution in [0.5, 0.6) is 0 Å². The molecule has 2 rings (SSSR count). The fourth-order valence-electron chi connectivity index (χ4n) is 1.89. The summed E-state index contributed by atoms with van der Waals surface area (Å²) in [4.78, 5) is 12.1. The molecule has 1 aromatic heterocycles. The maximum atomic E-state index is 12.1. The van der Waals surface area contributed by atoms with Crippen LogP contribution >= 0.6 is 0 Å². The van der Waals surface area contributed by atoms with Crippen molar-refractivity contribution in [2.45, 2.75) is 26.5 Å². The fraction of sp³-hybridized carbons (Fsp3) is 0.333. The van der Waals surface area contributed by atoms with Gasteiger partial charge in [0, 0.05) is 18.9 Å². The molecule has 0 aliphatic heterocycles. The Bertz CT molecular complexity index is 610. The average molecular weight is 289 g/mol. The summed E-state index contributed by atoms with van der Waals surface area (Å²) in [5.41, 5.74) is 2.63. The first-order valence-electron chi connectivity index (χ1n) is 6.67. The number of aromatic nitrogens is 1. The van der Waals surface area contributed by atoms with Crippen molar-refractivity contribution in [2.75, 3.05) is 17.7 Å². The molecule has 0 radical (unpaired) electrons. The van der Waals surface area contributed by atoms with Crippen LogP contribution in [0.1, 0.15) is 18.2 Å². The van der Waals surface area contributed by atoms with E-state index in [0.29, 0.717) is 12.5 Å². The third-order valence-corrected chi connectivity index (χ3v) is 2.89. The lowest BCUT2D eigenvalue weighted by Crippen LogP contribution is -2.31. The van der Waals surface area contributed by atoms with E-state index in [1.807, 2.05) is 24.3 Å². The summed E-state index contributed by atoms with van der Waals surface area (Å²) in [6, 6.07) is 9.00. The highest BCUT2D eigenvalue weighted by molar-refractivity contribution is 5.95. The van der Waals surface area contributed by atoms with E-state index in [1.54, 1.807) is 27.0 Å². The van der Waals surface area contributed by atoms with Crippen LogP contribution in [-0.4, -0.2) is 24.2 Å². The van der Waals surface area contributed by atoms with Crippen LogP contribution in [0.25, 0.3) is 0 Å². The summed E-state index contributed by atoms with van der Waals surface area (Å²) in [6.07, 6.45) is 0. The Kier molecular flexibility index (Phi) is 4.94. The zero-order valence-corrected chi connectivity index (χ0v) is 12.3. The van der Waals surface area contributed by atoms with Gasteiger partial charge in [-0.1, -0.05) is 17.3 Å². The Morgan fingerprint density at radius 3 is 2.90 bits per heavy atom. The standard InChI is InChI=1S/C15H19N3O3/c1-10-7-14(21-18-10)17-15(19)11(2)16-13-6-4-5-12(8-13)9-20-3/h4-8,11,16H,9H2,1-3H3,(H,17,19)/t11-/m0/s1. The second-order valence-corrected chi connectivity index (χ2v) is 4.82. The van der Waals surface area contributed by atoms with Gasteiger partial charge >= 0.3 is 0 Å². The quantitative estimate of drug-likeness (QED) is 0.854. The molecule has 0 spiro atoms. The summed E-state index contributed by atoms with van der Waals surface area (Å²) < 4.78 is 10.1. The molecule has 1 atom stereocenters. The van der Waals surface area contributed by atoms with E-state index in [9.17, 15) is 4.79 Å². The van der Waals surface area contributed by atoms with Crippen molar-refractivity contribution in [3.05, 3.63) is 41.6 Å². The third kappa shape index (κ3) is 4.32. The van der Waals surface area contributed by atoms with E-state index < -0.39 is 6.04 Å². The highest BCUT2D eigenvalue weighted by Gasteiger charge is 2.14. The number of carbonyl (C=O) groups excluding carboxylic acids is 1. The van der Waals surface area contributed by atoms with Gasteiger partial charge in [-0.15, -0.1) is 0 Å². The van der Waals surface area contributed by atoms with Crippen LogP contribution in [0.4, 0.5) is 11.6 Å². The first-order chi connectivity index (χ1) is 10.1. The zero-order chi connectivity index (χ0) is 15.2. The lowest BCUT2D eigenvalue weighted by atomic mass is 10.2. The predicted molar refractivity (Wildman–Crippen MR) is 80.1 cm³/mol. The van der Waals surface area contributed by atoms with E-state index >= 15 is 0 Å². The number of carbonyl (C=O) groups is 1. The molecule has 112 valence electrons. The normalized spacial score (nSPS) is 12.0. The second kappa shape index (κ2) is 6.90. The van der Waals surface area contributed by atoms with Crippen molar-refractivity contribution in [1.82, 2.24) is 5.16 Å². The molecule has 0 saturated heterocycles. The number of hydrogen-bond donors (Lipinski definition) is 2. The molecule has 0 unspecified atom stereocenters. The Labute approximate surface area is 123 Å². The van der Waals surface area contributed by atoms with Gasteiger partial charge in [-0.25, -0.2) is 0 Å². The number of aryl methyl sites for hydroxylation is 1. The first-order valence-corrected chi connectivity index (χ1v) is 6.67. The van der Waals surface area contributed by atoms with Gasteiger partial charge in [0.2, 0.25) is 11.8 Å². The summed E-state index contributed by atoms with van der Waals surface area (Å²) in [6.45, 7) is 4.11. The summed E-state index contributed by atoms with van der Waals surface area (Å²) in [5.74, 6) is 0.155. The number of ether oxygens (including phenoxy) is 1. The molecule has 2 aromatic rings. The maximum Gasteiger partial charge on any atom is 0.248 e. The maximum absolute atomic E-state index is 12.1. The molecule has 2 N–H and O–H groups in total. The number of rotatable bonds is 6. The van der Waals surface area contributed by atoms with E-state index in [1.165, 1.54) is 0 Å². The largest absolute Gasteiger partial charge is 0.380 e. The minimum atomic E-state index is -0.409. The Morgan fingerprint density at radius 2 is 2.24 bits per heavy atom. The topological polar surface area (TPSA) is 76.4 Å². The molecular formula is C15H19N3O3. The lowest BCUT2D eigenvalue weighted by molar-refractivity contribution is -0.116. The lowest BCUT2D eigenvalue weighted by Gasteiger charge is -2.14. The van der Waals surface area contributed by atoms with Gasteiger partial charge in [0.1, 0.15) is 6.04 Å². The van der Waals surface area contributed by atoms with Crippen LogP contribution in [-0.2, 0) is 16.1 Å². The molecule has 1 aromatic carbocycles. The molecule has 6 heteroatoms. The SMILES string of the molecule is COCc1cccc(N[C@@H](C)C(=O)Nc2cc(C)no2)c1. The van der Waals surface area contributed by atoms with Gasteiger partial charge in [-0.2, -0.15) is 0 Å². The number of hydrogen-bond acceptors (Lipinski definition) is 5. The van der Waals surface area contributed by atoms with Gasteiger partial charge in [-0.05, 0) is 31.5 Å². The number of methoxy groups -OCH3 is 1. The minimum Gasteiger partial charge on any atom is -0.380 e. The monoisotopic (exact) mass is 289 g/mol. The summed E-state index contributed by atoms with van der Waals surface area (Å²) >= 11 is 0. The van der Waals surface area contributed by atoms with Gasteiger partial charge < -0.3 is 14.6 Å². The van der Waals surface area contributed by atoms with Gasteiger partial charge in [0.05, 0.1) is 12.3 Å². The van der Waals surface area contributed by atoms with E-state index in [4.69, 9.17) is 9.26 Å². The Morgan fingerprint density at radius 1 is 1.43 bits per heavy atom. The van der Waals surface area contributed by atoms with Gasteiger partial charge in [0.15, 0.2) is 0 Å². The minimum absolute atomic E-state index is 0.191. The molecule has 0 fully saturated rings. The molecule has 1 amide bonds. The average Bonchev–Trinajstić information content (AvgIpc) is 2.85. The van der Waals surface area contributed by atoms with Crippen LogP contribution in [0, 0.1) is 6.92 Å². The molecule has 21 heavy (non-hydrogen) atoms. The Balaban J connectivity index is 1.95. The molecule has 0 bridgehead atoms. The second-order valence-electron chi connectivity index (χ2n) is 4.82. The van der Waals surface area contributed by atoms with Crippen LogP contribution < -0.4 is 10.6 Å². The van der Waals surface area contributed by atoms with Crippen molar-refractivity contribution in [3.63, 3.8) is 0 Å². The summed E-state index contributed by atoms with van der Waals surface area (Å²) in [5, 5.41) is 9.53. The van der Waals surface area contributed by atoms with Crippen molar-refractivity contribution in [1.29, 1.82) is 0 Å². The number of nitrogens with zero attached hydrogens (tertiary/aromatic N) is 1. The van der Waals surface area contributed by atoms with Crippen molar-refractivity contribution in [2.24, 2.45) is 0 Å². The highest BCUT2D eigenvalue weighted by atomic mass is 16.5.